The Bertz CT molecular complexity index is 943. The van der Waals surface area contributed by atoms with Crippen LogP contribution in [-0.4, -0.2) is 29.2 Å². The maximum atomic E-state index is 12.2. The van der Waals surface area contributed by atoms with Gasteiger partial charge in [-0.15, -0.1) is 10.2 Å². The largest absolute Gasteiger partial charge is 0.421 e. The van der Waals surface area contributed by atoms with E-state index in [1.807, 2.05) is 43.3 Å². The van der Waals surface area contributed by atoms with E-state index < -0.39 is 0 Å². The SMILES string of the molecule is Cc1ccccc1-c1nnc(CCC(=O)Nc2ccc(N3CCCC3)cc2)o1. The standard InChI is InChI=1S/C22H24N4O2/c1-16-6-2-3-7-19(16)22-25-24-21(28-22)13-12-20(27)23-17-8-10-18(11-9-17)26-14-4-5-15-26/h2-3,6-11H,4-5,12-15H2,1H3,(H,23,27). The Hall–Kier alpha value is -3.15. The number of benzene rings is 2. The van der Waals surface area contributed by atoms with Crippen LogP contribution in [0.5, 0.6) is 0 Å². The zero-order valence-corrected chi connectivity index (χ0v) is 16.0. The summed E-state index contributed by atoms with van der Waals surface area (Å²) in [6.45, 7) is 4.22. The first-order valence-corrected chi connectivity index (χ1v) is 9.72. The molecule has 1 saturated heterocycles. The molecule has 1 aliphatic heterocycles. The Labute approximate surface area is 164 Å². The Balaban J connectivity index is 1.30. The summed E-state index contributed by atoms with van der Waals surface area (Å²) in [5, 5.41) is 11.1. The van der Waals surface area contributed by atoms with Gasteiger partial charge in [0.25, 0.3) is 0 Å². The summed E-state index contributed by atoms with van der Waals surface area (Å²) < 4.78 is 5.72. The van der Waals surface area contributed by atoms with Gasteiger partial charge in [-0.05, 0) is 55.7 Å². The van der Waals surface area contributed by atoms with Gasteiger partial charge in [0.15, 0.2) is 0 Å². The summed E-state index contributed by atoms with van der Waals surface area (Å²) in [5.41, 5.74) is 4.01. The topological polar surface area (TPSA) is 71.3 Å². The molecule has 3 aromatic rings. The Kier molecular flexibility index (Phi) is 5.37. The molecule has 6 nitrogen and oxygen atoms in total. The Morgan fingerprint density at radius 2 is 1.82 bits per heavy atom. The van der Waals surface area contributed by atoms with Crippen molar-refractivity contribution in [2.75, 3.05) is 23.3 Å². The van der Waals surface area contributed by atoms with Gasteiger partial charge >= 0.3 is 0 Å². The number of carbonyl (C=O) groups is 1. The fourth-order valence-electron chi connectivity index (χ4n) is 3.45. The van der Waals surface area contributed by atoms with Crippen LogP contribution in [0.15, 0.2) is 52.9 Å². The van der Waals surface area contributed by atoms with E-state index in [2.05, 4.69) is 32.5 Å². The number of hydrogen-bond donors (Lipinski definition) is 1. The third kappa shape index (κ3) is 4.22. The number of carbonyl (C=O) groups excluding carboxylic acids is 1. The number of anilines is 2. The van der Waals surface area contributed by atoms with Crippen LogP contribution < -0.4 is 10.2 Å². The second-order valence-corrected chi connectivity index (χ2v) is 7.11. The van der Waals surface area contributed by atoms with Crippen molar-refractivity contribution in [1.82, 2.24) is 10.2 Å². The molecule has 0 radical (unpaired) electrons. The minimum Gasteiger partial charge on any atom is -0.421 e. The number of nitrogens with one attached hydrogen (secondary N) is 1. The van der Waals surface area contributed by atoms with Crippen molar-refractivity contribution < 1.29 is 9.21 Å². The average Bonchev–Trinajstić information content (AvgIpc) is 3.40. The van der Waals surface area contributed by atoms with Crippen molar-refractivity contribution in [2.24, 2.45) is 0 Å². The lowest BCUT2D eigenvalue weighted by atomic mass is 10.1. The van der Waals surface area contributed by atoms with Gasteiger partial charge in [0.2, 0.25) is 17.7 Å². The van der Waals surface area contributed by atoms with Gasteiger partial charge in [0.05, 0.1) is 0 Å². The summed E-state index contributed by atoms with van der Waals surface area (Å²) in [7, 11) is 0. The second-order valence-electron chi connectivity index (χ2n) is 7.11. The van der Waals surface area contributed by atoms with Crippen molar-refractivity contribution in [3.05, 3.63) is 60.0 Å². The summed E-state index contributed by atoms with van der Waals surface area (Å²) >= 11 is 0. The number of aromatic nitrogens is 2. The fourth-order valence-corrected chi connectivity index (χ4v) is 3.45. The van der Waals surface area contributed by atoms with Gasteiger partial charge < -0.3 is 14.6 Å². The molecule has 4 rings (SSSR count). The van der Waals surface area contributed by atoms with Crippen LogP contribution >= 0.6 is 0 Å². The maximum Gasteiger partial charge on any atom is 0.247 e. The van der Waals surface area contributed by atoms with E-state index in [1.165, 1.54) is 18.5 Å². The number of amides is 1. The van der Waals surface area contributed by atoms with Crippen LogP contribution in [0.25, 0.3) is 11.5 Å². The van der Waals surface area contributed by atoms with Crippen LogP contribution in [0.1, 0.15) is 30.7 Å². The summed E-state index contributed by atoms with van der Waals surface area (Å²) in [6, 6.07) is 15.9. The van der Waals surface area contributed by atoms with E-state index in [0.717, 1.165) is 29.9 Å². The van der Waals surface area contributed by atoms with Gasteiger partial charge in [-0.3, -0.25) is 4.79 Å². The Morgan fingerprint density at radius 3 is 2.57 bits per heavy atom. The monoisotopic (exact) mass is 376 g/mol. The molecule has 6 heteroatoms. The molecule has 1 fully saturated rings. The zero-order valence-electron chi connectivity index (χ0n) is 16.0. The molecule has 0 saturated carbocycles. The van der Waals surface area contributed by atoms with Crippen molar-refractivity contribution in [1.29, 1.82) is 0 Å². The van der Waals surface area contributed by atoms with Crippen molar-refractivity contribution in [3.8, 4) is 11.5 Å². The molecule has 2 heterocycles. The molecular weight excluding hydrogens is 352 g/mol. The molecule has 0 unspecified atom stereocenters. The lowest BCUT2D eigenvalue weighted by Crippen LogP contribution is -2.17. The third-order valence-electron chi connectivity index (χ3n) is 5.03. The van der Waals surface area contributed by atoms with E-state index in [1.54, 1.807) is 0 Å². The zero-order chi connectivity index (χ0) is 19.3. The quantitative estimate of drug-likeness (QED) is 0.697. The van der Waals surface area contributed by atoms with Gasteiger partial charge in [-0.25, -0.2) is 0 Å². The molecule has 2 aromatic carbocycles. The normalized spacial score (nSPS) is 13.7. The molecule has 0 bridgehead atoms. The van der Waals surface area contributed by atoms with Crippen molar-refractivity contribution in [2.45, 2.75) is 32.6 Å². The first-order valence-electron chi connectivity index (χ1n) is 9.72. The van der Waals surface area contributed by atoms with E-state index >= 15 is 0 Å². The minimum absolute atomic E-state index is 0.0652. The van der Waals surface area contributed by atoms with E-state index in [0.29, 0.717) is 24.6 Å². The molecular formula is C22H24N4O2. The molecule has 1 aliphatic rings. The highest BCUT2D eigenvalue weighted by Crippen LogP contribution is 2.23. The molecule has 1 aromatic heterocycles. The van der Waals surface area contributed by atoms with Crippen LogP contribution in [-0.2, 0) is 11.2 Å². The minimum atomic E-state index is -0.0652. The first kappa shape index (κ1) is 18.2. The lowest BCUT2D eigenvalue weighted by molar-refractivity contribution is -0.116. The van der Waals surface area contributed by atoms with Crippen LogP contribution in [0.3, 0.4) is 0 Å². The Morgan fingerprint density at radius 1 is 1.07 bits per heavy atom. The van der Waals surface area contributed by atoms with Crippen molar-refractivity contribution >= 4 is 17.3 Å². The summed E-state index contributed by atoms with van der Waals surface area (Å²) in [6.07, 6.45) is 3.21. The number of nitrogens with zero attached hydrogens (tertiary/aromatic N) is 3. The van der Waals surface area contributed by atoms with Crippen LogP contribution in [0.4, 0.5) is 11.4 Å². The van der Waals surface area contributed by atoms with E-state index in [9.17, 15) is 4.79 Å². The average molecular weight is 376 g/mol. The van der Waals surface area contributed by atoms with E-state index in [-0.39, 0.29) is 5.91 Å². The van der Waals surface area contributed by atoms with Gasteiger partial charge in [-0.2, -0.15) is 0 Å². The van der Waals surface area contributed by atoms with Gasteiger partial charge in [0.1, 0.15) is 0 Å². The highest BCUT2D eigenvalue weighted by atomic mass is 16.4. The van der Waals surface area contributed by atoms with Crippen LogP contribution in [0, 0.1) is 6.92 Å². The molecule has 144 valence electrons. The van der Waals surface area contributed by atoms with Gasteiger partial charge in [-0.1, -0.05) is 18.2 Å². The predicted octanol–water partition coefficient (Wildman–Crippen LogP) is 4.22. The lowest BCUT2D eigenvalue weighted by Gasteiger charge is -2.17. The molecule has 1 amide bonds. The predicted molar refractivity (Wildman–Crippen MR) is 109 cm³/mol. The second kappa shape index (κ2) is 8.25. The highest BCUT2D eigenvalue weighted by Gasteiger charge is 2.14. The molecule has 28 heavy (non-hydrogen) atoms. The summed E-state index contributed by atoms with van der Waals surface area (Å²) in [4.78, 5) is 14.6. The number of hydrogen-bond acceptors (Lipinski definition) is 5. The number of aryl methyl sites for hydroxylation is 2. The smallest absolute Gasteiger partial charge is 0.247 e. The summed E-state index contributed by atoms with van der Waals surface area (Å²) in [5.74, 6) is 0.897. The third-order valence-corrected chi connectivity index (χ3v) is 5.03. The fraction of sp³-hybridized carbons (Fsp3) is 0.318. The molecule has 0 aliphatic carbocycles. The first-order chi connectivity index (χ1) is 13.7. The van der Waals surface area contributed by atoms with Gasteiger partial charge in [0, 0.05) is 42.9 Å². The molecule has 0 atom stereocenters. The molecule has 0 spiro atoms. The van der Waals surface area contributed by atoms with E-state index in [4.69, 9.17) is 4.42 Å². The van der Waals surface area contributed by atoms with Crippen LogP contribution in [0.2, 0.25) is 0 Å². The van der Waals surface area contributed by atoms with Crippen molar-refractivity contribution in [3.63, 3.8) is 0 Å². The maximum absolute atomic E-state index is 12.2. The number of rotatable bonds is 6. The highest BCUT2D eigenvalue weighted by molar-refractivity contribution is 5.90. The molecule has 1 N–H and O–H groups in total.